The minimum absolute atomic E-state index is 0.0940. The summed E-state index contributed by atoms with van der Waals surface area (Å²) >= 11 is 0. The molecule has 0 saturated carbocycles. The molecule has 0 spiro atoms. The van der Waals surface area contributed by atoms with Gasteiger partial charge >= 0.3 is 0 Å². The fraction of sp³-hybridized carbons (Fsp3) is 0.0370. The van der Waals surface area contributed by atoms with E-state index in [1.54, 1.807) is 48.5 Å². The van der Waals surface area contributed by atoms with Gasteiger partial charge in [-0.15, -0.1) is 0 Å². The third-order valence-electron chi connectivity index (χ3n) is 5.84. The van der Waals surface area contributed by atoms with Gasteiger partial charge < -0.3 is 15.3 Å². The zero-order valence-electron chi connectivity index (χ0n) is 16.5. The van der Waals surface area contributed by atoms with E-state index in [9.17, 15) is 19.7 Å². The van der Waals surface area contributed by atoms with Crippen LogP contribution in [0.15, 0.2) is 97.1 Å². The summed E-state index contributed by atoms with van der Waals surface area (Å²) in [4.78, 5) is 0. The van der Waals surface area contributed by atoms with Gasteiger partial charge in [-0.25, -0.2) is 4.39 Å². The normalized spacial score (nSPS) is 13.4. The van der Waals surface area contributed by atoms with E-state index in [-0.39, 0.29) is 5.75 Å². The van der Waals surface area contributed by atoms with Crippen LogP contribution in [0, 0.1) is 5.82 Å². The van der Waals surface area contributed by atoms with Crippen molar-refractivity contribution in [1.29, 1.82) is 0 Å². The van der Waals surface area contributed by atoms with Crippen LogP contribution in [0.2, 0.25) is 0 Å². The summed E-state index contributed by atoms with van der Waals surface area (Å²) in [5.41, 5.74) is -0.397. The Morgan fingerprint density at radius 1 is 0.581 bits per heavy atom. The molecule has 5 aromatic carbocycles. The summed E-state index contributed by atoms with van der Waals surface area (Å²) < 4.78 is 14.8. The number of hydrogen-bond donors (Lipinski definition) is 3. The lowest BCUT2D eigenvalue weighted by Crippen LogP contribution is -2.29. The number of aliphatic hydroxyl groups is 1. The Kier molecular flexibility index (Phi) is 4.38. The number of fused-ring (bicyclic) bond motifs is 2. The predicted molar refractivity (Wildman–Crippen MR) is 120 cm³/mol. The van der Waals surface area contributed by atoms with Crippen molar-refractivity contribution < 1.29 is 19.7 Å². The first kappa shape index (κ1) is 19.1. The minimum atomic E-state index is -1.75. The molecule has 5 rings (SSSR count). The molecule has 1 atom stereocenters. The first-order valence-electron chi connectivity index (χ1n) is 9.91. The summed E-state index contributed by atoms with van der Waals surface area (Å²) in [5, 5.41) is 35.2. The first-order valence-corrected chi connectivity index (χ1v) is 9.91. The van der Waals surface area contributed by atoms with Gasteiger partial charge in [0, 0.05) is 21.9 Å². The fourth-order valence-corrected chi connectivity index (χ4v) is 4.36. The molecule has 0 aliphatic rings. The van der Waals surface area contributed by atoms with Crippen molar-refractivity contribution in [3.63, 3.8) is 0 Å². The fourth-order valence-electron chi connectivity index (χ4n) is 4.36. The van der Waals surface area contributed by atoms with Crippen LogP contribution in [0.1, 0.15) is 16.7 Å². The average Bonchev–Trinajstić information content (AvgIpc) is 2.82. The second-order valence-corrected chi connectivity index (χ2v) is 7.55. The highest BCUT2D eigenvalue weighted by Crippen LogP contribution is 2.45. The van der Waals surface area contributed by atoms with Gasteiger partial charge in [-0.3, -0.25) is 0 Å². The SMILES string of the molecule is Oc1ccc(C(O)(c2ccccc2)c2cc(F)c(O)c3ccccc23)c2ccccc12. The van der Waals surface area contributed by atoms with E-state index >= 15 is 0 Å². The van der Waals surface area contributed by atoms with E-state index in [2.05, 4.69) is 0 Å². The molecule has 0 amide bonds. The minimum Gasteiger partial charge on any atom is -0.507 e. The largest absolute Gasteiger partial charge is 0.507 e. The van der Waals surface area contributed by atoms with Gasteiger partial charge in [-0.2, -0.15) is 0 Å². The van der Waals surface area contributed by atoms with Gasteiger partial charge in [0.15, 0.2) is 11.6 Å². The number of rotatable bonds is 3. The van der Waals surface area contributed by atoms with Crippen LogP contribution >= 0.6 is 0 Å². The van der Waals surface area contributed by atoms with E-state index in [4.69, 9.17) is 0 Å². The molecule has 0 aliphatic heterocycles. The Morgan fingerprint density at radius 2 is 1.13 bits per heavy atom. The van der Waals surface area contributed by atoms with Gasteiger partial charge in [0.2, 0.25) is 0 Å². The maximum absolute atomic E-state index is 14.8. The number of phenolic OH excluding ortho intramolecular Hbond substituents is 2. The van der Waals surface area contributed by atoms with Crippen LogP contribution in [-0.4, -0.2) is 15.3 Å². The van der Waals surface area contributed by atoms with Crippen molar-refractivity contribution in [3.8, 4) is 11.5 Å². The lowest BCUT2D eigenvalue weighted by atomic mass is 9.76. The van der Waals surface area contributed by atoms with Crippen molar-refractivity contribution in [2.75, 3.05) is 0 Å². The van der Waals surface area contributed by atoms with Crippen molar-refractivity contribution >= 4 is 21.5 Å². The molecular weight excluding hydrogens is 391 g/mol. The Bertz CT molecular complexity index is 1430. The lowest BCUT2D eigenvalue weighted by Gasteiger charge is -2.32. The Hall–Kier alpha value is -3.89. The summed E-state index contributed by atoms with van der Waals surface area (Å²) in [6, 6.07) is 27.5. The lowest BCUT2D eigenvalue weighted by molar-refractivity contribution is 0.128. The second kappa shape index (κ2) is 7.11. The molecule has 0 saturated heterocycles. The van der Waals surface area contributed by atoms with E-state index in [0.717, 1.165) is 0 Å². The Balaban J connectivity index is 1.96. The summed E-state index contributed by atoms with van der Waals surface area (Å²) in [5.74, 6) is -1.17. The molecule has 0 aromatic heterocycles. The highest BCUT2D eigenvalue weighted by atomic mass is 19.1. The Labute approximate surface area is 178 Å². The third-order valence-corrected chi connectivity index (χ3v) is 5.84. The van der Waals surface area contributed by atoms with Crippen LogP contribution in [0.5, 0.6) is 11.5 Å². The third kappa shape index (κ3) is 2.84. The molecule has 152 valence electrons. The first-order chi connectivity index (χ1) is 15.0. The monoisotopic (exact) mass is 410 g/mol. The zero-order chi connectivity index (χ0) is 21.6. The maximum Gasteiger partial charge on any atom is 0.165 e. The topological polar surface area (TPSA) is 60.7 Å². The number of hydrogen-bond acceptors (Lipinski definition) is 3. The zero-order valence-corrected chi connectivity index (χ0v) is 16.5. The molecule has 0 radical (unpaired) electrons. The van der Waals surface area contributed by atoms with Crippen molar-refractivity contribution in [2.45, 2.75) is 5.60 Å². The maximum atomic E-state index is 14.8. The van der Waals surface area contributed by atoms with Gasteiger partial charge in [-0.1, -0.05) is 84.9 Å². The average molecular weight is 410 g/mol. The summed E-state index contributed by atoms with van der Waals surface area (Å²) in [7, 11) is 0. The van der Waals surface area contributed by atoms with Crippen LogP contribution in [-0.2, 0) is 5.60 Å². The van der Waals surface area contributed by atoms with Crippen LogP contribution in [0.25, 0.3) is 21.5 Å². The standard InChI is InChI=1S/C27H19FO3/c28-24-16-23(19-11-5-7-13-21(19)26(24)30)27(31,17-8-2-1-3-9-17)22-14-15-25(29)20-12-6-4-10-18(20)22/h1-16,29-31H. The van der Waals surface area contributed by atoms with Gasteiger partial charge in [0.25, 0.3) is 0 Å². The molecule has 0 aliphatic carbocycles. The molecule has 3 N–H and O–H groups in total. The van der Waals surface area contributed by atoms with Crippen LogP contribution in [0.3, 0.4) is 0 Å². The molecule has 4 heteroatoms. The van der Waals surface area contributed by atoms with Crippen molar-refractivity contribution in [2.24, 2.45) is 0 Å². The Morgan fingerprint density at radius 3 is 1.81 bits per heavy atom. The van der Waals surface area contributed by atoms with Gasteiger partial charge in [0.05, 0.1) is 0 Å². The van der Waals surface area contributed by atoms with Crippen molar-refractivity contribution in [3.05, 3.63) is 120 Å². The highest BCUT2D eigenvalue weighted by Gasteiger charge is 2.38. The van der Waals surface area contributed by atoms with E-state index in [1.165, 1.54) is 12.1 Å². The molecular formula is C27H19FO3. The molecule has 5 aromatic rings. The molecule has 3 nitrogen and oxygen atoms in total. The number of phenols is 2. The molecule has 31 heavy (non-hydrogen) atoms. The van der Waals surface area contributed by atoms with Crippen LogP contribution in [0.4, 0.5) is 4.39 Å². The van der Waals surface area contributed by atoms with E-state index < -0.39 is 17.2 Å². The smallest absolute Gasteiger partial charge is 0.165 e. The predicted octanol–water partition coefficient (Wildman–Crippen LogP) is 5.83. The summed E-state index contributed by atoms with van der Waals surface area (Å²) in [6.07, 6.45) is 0. The van der Waals surface area contributed by atoms with E-state index in [0.29, 0.717) is 38.2 Å². The molecule has 0 bridgehead atoms. The number of benzene rings is 5. The number of halogens is 1. The van der Waals surface area contributed by atoms with Gasteiger partial charge in [0.1, 0.15) is 11.4 Å². The van der Waals surface area contributed by atoms with Crippen LogP contribution < -0.4 is 0 Å². The van der Waals surface area contributed by atoms with Gasteiger partial charge in [-0.05, 0) is 28.5 Å². The number of aromatic hydroxyl groups is 2. The van der Waals surface area contributed by atoms with Crippen molar-refractivity contribution in [1.82, 2.24) is 0 Å². The van der Waals surface area contributed by atoms with E-state index in [1.807, 2.05) is 36.4 Å². The molecule has 0 fully saturated rings. The molecule has 0 heterocycles. The molecule has 1 unspecified atom stereocenters. The quantitative estimate of drug-likeness (QED) is 0.328. The second-order valence-electron chi connectivity index (χ2n) is 7.55. The highest BCUT2D eigenvalue weighted by molar-refractivity contribution is 5.96. The summed E-state index contributed by atoms with van der Waals surface area (Å²) in [6.45, 7) is 0.